The Balaban J connectivity index is 2.19. The maximum atomic E-state index is 9.54. The van der Waals surface area contributed by atoms with Gasteiger partial charge in [0, 0.05) is 6.54 Å². The van der Waals surface area contributed by atoms with Crippen molar-refractivity contribution in [1.29, 1.82) is 0 Å². The van der Waals surface area contributed by atoms with E-state index in [1.54, 1.807) is 0 Å². The Hall–Kier alpha value is 0.270. The minimum absolute atomic E-state index is 0.127. The quantitative estimate of drug-likeness (QED) is 0.711. The van der Waals surface area contributed by atoms with E-state index < -0.39 is 0 Å². The number of likely N-dealkylation sites (tertiary alicyclic amines) is 1. The molecule has 0 aliphatic carbocycles. The SMILES string of the molecule is CSCCCN1CCCC(C(C)O)C1. The predicted molar refractivity (Wildman–Crippen MR) is 63.8 cm³/mol. The van der Waals surface area contributed by atoms with Gasteiger partial charge in [-0.15, -0.1) is 0 Å². The van der Waals surface area contributed by atoms with Gasteiger partial charge in [0.2, 0.25) is 0 Å². The van der Waals surface area contributed by atoms with Crippen LogP contribution in [-0.2, 0) is 0 Å². The molecule has 0 saturated carbocycles. The Morgan fingerprint density at radius 1 is 1.57 bits per heavy atom. The number of piperidine rings is 1. The summed E-state index contributed by atoms with van der Waals surface area (Å²) < 4.78 is 0. The molecule has 1 N–H and O–H groups in total. The molecular weight excluding hydrogens is 194 g/mol. The monoisotopic (exact) mass is 217 g/mol. The first-order valence-corrected chi connectivity index (χ1v) is 7.02. The molecule has 1 aliphatic heterocycles. The third-order valence-electron chi connectivity index (χ3n) is 3.05. The highest BCUT2D eigenvalue weighted by Gasteiger charge is 2.22. The molecule has 1 saturated heterocycles. The average Bonchev–Trinajstić information content (AvgIpc) is 2.19. The molecule has 0 aromatic carbocycles. The smallest absolute Gasteiger partial charge is 0.0552 e. The molecular formula is C11H23NOS. The van der Waals surface area contributed by atoms with Crippen molar-refractivity contribution in [3.8, 4) is 0 Å². The molecule has 0 amide bonds. The number of aliphatic hydroxyl groups excluding tert-OH is 1. The Labute approximate surface area is 92.1 Å². The topological polar surface area (TPSA) is 23.5 Å². The Kier molecular flexibility index (Phi) is 5.90. The summed E-state index contributed by atoms with van der Waals surface area (Å²) in [7, 11) is 0. The number of nitrogens with zero attached hydrogens (tertiary/aromatic N) is 1. The van der Waals surface area contributed by atoms with E-state index in [2.05, 4.69) is 11.2 Å². The van der Waals surface area contributed by atoms with Crippen molar-refractivity contribution >= 4 is 11.8 Å². The Morgan fingerprint density at radius 2 is 2.36 bits per heavy atom. The normalized spacial score (nSPS) is 26.4. The number of hydrogen-bond acceptors (Lipinski definition) is 3. The van der Waals surface area contributed by atoms with E-state index in [4.69, 9.17) is 0 Å². The molecule has 14 heavy (non-hydrogen) atoms. The summed E-state index contributed by atoms with van der Waals surface area (Å²) in [5.41, 5.74) is 0. The van der Waals surface area contributed by atoms with E-state index in [9.17, 15) is 5.11 Å². The number of aliphatic hydroxyl groups is 1. The molecule has 84 valence electrons. The highest BCUT2D eigenvalue weighted by molar-refractivity contribution is 7.98. The molecule has 0 aromatic heterocycles. The van der Waals surface area contributed by atoms with E-state index in [-0.39, 0.29) is 6.10 Å². The van der Waals surface area contributed by atoms with Crippen molar-refractivity contribution < 1.29 is 5.11 Å². The summed E-state index contributed by atoms with van der Waals surface area (Å²) in [6.07, 6.45) is 5.78. The largest absolute Gasteiger partial charge is 0.393 e. The second kappa shape index (κ2) is 6.70. The summed E-state index contributed by atoms with van der Waals surface area (Å²) >= 11 is 1.92. The maximum absolute atomic E-state index is 9.54. The van der Waals surface area contributed by atoms with E-state index in [0.717, 1.165) is 6.54 Å². The Bertz CT molecular complexity index is 152. The van der Waals surface area contributed by atoms with Gasteiger partial charge in [-0.2, -0.15) is 11.8 Å². The van der Waals surface area contributed by atoms with Crippen LogP contribution in [0.25, 0.3) is 0 Å². The van der Waals surface area contributed by atoms with E-state index >= 15 is 0 Å². The van der Waals surface area contributed by atoms with Crippen LogP contribution >= 0.6 is 11.8 Å². The minimum Gasteiger partial charge on any atom is -0.393 e. The van der Waals surface area contributed by atoms with Crippen LogP contribution in [0.4, 0.5) is 0 Å². The zero-order chi connectivity index (χ0) is 10.4. The fourth-order valence-electron chi connectivity index (χ4n) is 2.12. The fourth-order valence-corrected chi connectivity index (χ4v) is 2.54. The van der Waals surface area contributed by atoms with Crippen LogP contribution in [0.1, 0.15) is 26.2 Å². The second-order valence-electron chi connectivity index (χ2n) is 4.29. The molecule has 0 bridgehead atoms. The van der Waals surface area contributed by atoms with Crippen molar-refractivity contribution in [2.75, 3.05) is 31.6 Å². The molecule has 1 heterocycles. The van der Waals surface area contributed by atoms with Gasteiger partial charge >= 0.3 is 0 Å². The summed E-state index contributed by atoms with van der Waals surface area (Å²) in [6.45, 7) is 5.48. The molecule has 1 aliphatic rings. The molecule has 0 spiro atoms. The van der Waals surface area contributed by atoms with Crippen LogP contribution in [0.15, 0.2) is 0 Å². The van der Waals surface area contributed by atoms with Gasteiger partial charge in [0.25, 0.3) is 0 Å². The Morgan fingerprint density at radius 3 is 3.00 bits per heavy atom. The zero-order valence-corrected chi connectivity index (χ0v) is 10.2. The predicted octanol–water partition coefficient (Wildman–Crippen LogP) is 1.83. The zero-order valence-electron chi connectivity index (χ0n) is 9.41. The summed E-state index contributed by atoms with van der Waals surface area (Å²) in [4.78, 5) is 2.51. The van der Waals surface area contributed by atoms with Crippen LogP contribution in [0.2, 0.25) is 0 Å². The molecule has 2 atom stereocenters. The van der Waals surface area contributed by atoms with Crippen molar-refractivity contribution in [1.82, 2.24) is 4.90 Å². The summed E-state index contributed by atoms with van der Waals surface area (Å²) in [6, 6.07) is 0. The fraction of sp³-hybridized carbons (Fsp3) is 1.00. The molecule has 0 radical (unpaired) electrons. The van der Waals surface area contributed by atoms with Gasteiger partial charge in [0.05, 0.1) is 6.10 Å². The first-order chi connectivity index (χ1) is 6.74. The molecule has 2 nitrogen and oxygen atoms in total. The van der Waals surface area contributed by atoms with Crippen LogP contribution < -0.4 is 0 Å². The first-order valence-electron chi connectivity index (χ1n) is 5.63. The van der Waals surface area contributed by atoms with Crippen molar-refractivity contribution in [2.24, 2.45) is 5.92 Å². The van der Waals surface area contributed by atoms with E-state index in [0.29, 0.717) is 5.92 Å². The lowest BCUT2D eigenvalue weighted by Crippen LogP contribution is -2.40. The lowest BCUT2D eigenvalue weighted by Gasteiger charge is -2.34. The highest BCUT2D eigenvalue weighted by atomic mass is 32.2. The molecule has 1 fully saturated rings. The number of rotatable bonds is 5. The van der Waals surface area contributed by atoms with Gasteiger partial charge in [0.15, 0.2) is 0 Å². The third kappa shape index (κ3) is 4.20. The van der Waals surface area contributed by atoms with Gasteiger partial charge < -0.3 is 10.0 Å². The number of thioether (sulfide) groups is 1. The lowest BCUT2D eigenvalue weighted by molar-refractivity contribution is 0.0631. The van der Waals surface area contributed by atoms with Crippen molar-refractivity contribution in [3.05, 3.63) is 0 Å². The average molecular weight is 217 g/mol. The standard InChI is InChI=1S/C11H23NOS/c1-10(13)11-5-3-6-12(9-11)7-4-8-14-2/h10-11,13H,3-9H2,1-2H3. The molecule has 1 rings (SSSR count). The van der Waals surface area contributed by atoms with E-state index in [1.807, 2.05) is 18.7 Å². The third-order valence-corrected chi connectivity index (χ3v) is 3.74. The van der Waals surface area contributed by atoms with Gasteiger partial charge in [-0.1, -0.05) is 0 Å². The first kappa shape index (κ1) is 12.3. The second-order valence-corrected chi connectivity index (χ2v) is 5.28. The number of hydrogen-bond donors (Lipinski definition) is 1. The lowest BCUT2D eigenvalue weighted by atomic mass is 9.93. The van der Waals surface area contributed by atoms with E-state index in [1.165, 1.54) is 38.1 Å². The van der Waals surface area contributed by atoms with Gasteiger partial charge in [-0.25, -0.2) is 0 Å². The van der Waals surface area contributed by atoms with Crippen molar-refractivity contribution in [3.63, 3.8) is 0 Å². The highest BCUT2D eigenvalue weighted by Crippen LogP contribution is 2.19. The molecule has 2 unspecified atom stereocenters. The van der Waals surface area contributed by atoms with Gasteiger partial charge in [-0.3, -0.25) is 0 Å². The minimum atomic E-state index is -0.127. The van der Waals surface area contributed by atoms with Crippen LogP contribution in [0, 0.1) is 5.92 Å². The molecule has 3 heteroatoms. The van der Waals surface area contributed by atoms with Crippen LogP contribution in [0.3, 0.4) is 0 Å². The molecule has 0 aromatic rings. The van der Waals surface area contributed by atoms with Crippen LogP contribution in [-0.4, -0.2) is 47.8 Å². The summed E-state index contributed by atoms with van der Waals surface area (Å²) in [5.74, 6) is 1.77. The summed E-state index contributed by atoms with van der Waals surface area (Å²) in [5, 5.41) is 9.54. The van der Waals surface area contributed by atoms with Crippen molar-refractivity contribution in [2.45, 2.75) is 32.3 Å². The van der Waals surface area contributed by atoms with Gasteiger partial charge in [0.1, 0.15) is 0 Å². The van der Waals surface area contributed by atoms with Gasteiger partial charge in [-0.05, 0) is 57.2 Å². The maximum Gasteiger partial charge on any atom is 0.0552 e. The van der Waals surface area contributed by atoms with Crippen LogP contribution in [0.5, 0.6) is 0 Å².